The van der Waals surface area contributed by atoms with E-state index in [1.165, 1.54) is 12.1 Å². The maximum atomic E-state index is 13.3. The van der Waals surface area contributed by atoms with Gasteiger partial charge in [0.05, 0.1) is 12.1 Å². The van der Waals surface area contributed by atoms with E-state index < -0.39 is 5.60 Å². The third-order valence-corrected chi connectivity index (χ3v) is 5.82. The van der Waals surface area contributed by atoms with E-state index in [1.54, 1.807) is 29.0 Å². The average Bonchev–Trinajstić information content (AvgIpc) is 2.99. The van der Waals surface area contributed by atoms with Gasteiger partial charge in [0, 0.05) is 52.6 Å². The van der Waals surface area contributed by atoms with Gasteiger partial charge in [-0.2, -0.15) is 0 Å². The first-order chi connectivity index (χ1) is 15.0. The third-order valence-electron chi connectivity index (χ3n) is 5.82. The van der Waals surface area contributed by atoms with Crippen LogP contribution in [0, 0.1) is 5.82 Å². The fourth-order valence-corrected chi connectivity index (χ4v) is 4.13. The number of hydrogen-bond acceptors (Lipinski definition) is 5. The highest BCUT2D eigenvalue weighted by molar-refractivity contribution is 5.83. The summed E-state index contributed by atoms with van der Waals surface area (Å²) in [6, 6.07) is 5.36. The quantitative estimate of drug-likeness (QED) is 0.747. The molecule has 176 valence electrons. The fraction of sp³-hybridized carbons (Fsp3) is 0.609. The number of benzene rings is 1. The topological polar surface area (TPSA) is 82.2 Å². The van der Waals surface area contributed by atoms with E-state index in [-0.39, 0.29) is 42.2 Å². The minimum atomic E-state index is -0.520. The number of carbonyl (C=O) groups excluding carboxylic acids is 3. The fourth-order valence-electron chi connectivity index (χ4n) is 4.13. The molecule has 1 aromatic carbocycles. The lowest BCUT2D eigenvalue weighted by Gasteiger charge is -2.35. The molecule has 0 spiro atoms. The van der Waals surface area contributed by atoms with Crippen molar-refractivity contribution in [2.75, 3.05) is 39.8 Å². The van der Waals surface area contributed by atoms with E-state index >= 15 is 0 Å². The SMILES string of the molecule is CN1C(=O)C[C@@H](NC(=O)CCN2CCN(C(=O)OC(C)(C)C)CC2)[C@H]1c1ccc(F)cc1. The average molecular weight is 449 g/mol. The van der Waals surface area contributed by atoms with Gasteiger partial charge in [-0.05, 0) is 38.5 Å². The Morgan fingerprint density at radius 2 is 1.75 bits per heavy atom. The summed E-state index contributed by atoms with van der Waals surface area (Å²) in [5, 5.41) is 2.99. The van der Waals surface area contributed by atoms with Gasteiger partial charge < -0.3 is 19.9 Å². The summed E-state index contributed by atoms with van der Waals surface area (Å²) in [6.45, 7) is 8.58. The molecule has 0 aromatic heterocycles. The number of hydrogen-bond donors (Lipinski definition) is 1. The molecule has 2 aliphatic heterocycles. The van der Waals surface area contributed by atoms with Crippen molar-refractivity contribution in [3.05, 3.63) is 35.6 Å². The molecule has 32 heavy (non-hydrogen) atoms. The number of carbonyl (C=O) groups is 3. The number of piperazine rings is 1. The van der Waals surface area contributed by atoms with Crippen molar-refractivity contribution in [3.63, 3.8) is 0 Å². The highest BCUT2D eigenvalue weighted by atomic mass is 19.1. The van der Waals surface area contributed by atoms with Gasteiger partial charge >= 0.3 is 6.09 Å². The molecule has 0 aliphatic carbocycles. The molecular weight excluding hydrogens is 415 g/mol. The molecule has 2 aliphatic rings. The molecule has 2 atom stereocenters. The molecule has 0 unspecified atom stereocenters. The Bertz CT molecular complexity index is 831. The van der Waals surface area contributed by atoms with Crippen molar-refractivity contribution >= 4 is 17.9 Å². The predicted molar refractivity (Wildman–Crippen MR) is 117 cm³/mol. The Balaban J connectivity index is 1.47. The van der Waals surface area contributed by atoms with Crippen molar-refractivity contribution in [2.24, 2.45) is 0 Å². The Morgan fingerprint density at radius 1 is 1.12 bits per heavy atom. The van der Waals surface area contributed by atoms with Crippen LogP contribution in [0.15, 0.2) is 24.3 Å². The number of halogens is 1. The van der Waals surface area contributed by atoms with E-state index in [2.05, 4.69) is 10.2 Å². The van der Waals surface area contributed by atoms with E-state index in [4.69, 9.17) is 4.74 Å². The summed E-state index contributed by atoms with van der Waals surface area (Å²) in [7, 11) is 1.70. The van der Waals surface area contributed by atoms with Crippen LogP contribution in [-0.2, 0) is 14.3 Å². The molecule has 0 bridgehead atoms. The number of ether oxygens (including phenoxy) is 1. The summed E-state index contributed by atoms with van der Waals surface area (Å²) < 4.78 is 18.7. The second-order valence-corrected chi connectivity index (χ2v) is 9.44. The van der Waals surface area contributed by atoms with E-state index in [0.29, 0.717) is 39.1 Å². The van der Waals surface area contributed by atoms with Gasteiger partial charge in [-0.25, -0.2) is 9.18 Å². The van der Waals surface area contributed by atoms with Gasteiger partial charge in [0.15, 0.2) is 0 Å². The second kappa shape index (κ2) is 9.85. The summed E-state index contributed by atoms with van der Waals surface area (Å²) >= 11 is 0. The summed E-state index contributed by atoms with van der Waals surface area (Å²) in [4.78, 5) is 42.5. The van der Waals surface area contributed by atoms with Crippen LogP contribution < -0.4 is 5.32 Å². The van der Waals surface area contributed by atoms with Crippen LogP contribution in [0.5, 0.6) is 0 Å². The molecule has 2 heterocycles. The smallest absolute Gasteiger partial charge is 0.410 e. The first-order valence-corrected chi connectivity index (χ1v) is 11.0. The Labute approximate surface area is 188 Å². The largest absolute Gasteiger partial charge is 0.444 e. The lowest BCUT2D eigenvalue weighted by molar-refractivity contribution is -0.127. The molecule has 2 saturated heterocycles. The molecule has 0 radical (unpaired) electrons. The van der Waals surface area contributed by atoms with Gasteiger partial charge in [-0.3, -0.25) is 14.5 Å². The molecule has 1 aromatic rings. The Kier molecular flexibility index (Phi) is 7.38. The highest BCUT2D eigenvalue weighted by Gasteiger charge is 2.39. The van der Waals surface area contributed by atoms with Gasteiger partial charge in [-0.1, -0.05) is 12.1 Å². The molecule has 3 rings (SSSR count). The number of nitrogens with one attached hydrogen (secondary N) is 1. The Hall–Kier alpha value is -2.68. The van der Waals surface area contributed by atoms with Crippen LogP contribution in [0.2, 0.25) is 0 Å². The molecule has 0 saturated carbocycles. The third kappa shape index (κ3) is 6.18. The summed E-state index contributed by atoms with van der Waals surface area (Å²) in [6.07, 6.45) is 0.215. The van der Waals surface area contributed by atoms with Crippen LogP contribution in [0.4, 0.5) is 9.18 Å². The van der Waals surface area contributed by atoms with Crippen LogP contribution in [-0.4, -0.2) is 84.0 Å². The van der Waals surface area contributed by atoms with Crippen molar-refractivity contribution in [1.82, 2.24) is 20.0 Å². The Morgan fingerprint density at radius 3 is 2.34 bits per heavy atom. The second-order valence-electron chi connectivity index (χ2n) is 9.44. The molecule has 9 heteroatoms. The standard InChI is InChI=1S/C23H33FN4O4/c1-23(2,3)32-22(31)28-13-11-27(12-14-28)10-9-19(29)25-18-15-20(30)26(4)21(18)16-5-7-17(24)8-6-16/h5-8,18,21H,9-15H2,1-4H3,(H,25,29)/t18-,21-/m1/s1. The number of likely N-dealkylation sites (tertiary alicyclic amines) is 1. The maximum absolute atomic E-state index is 13.3. The number of nitrogens with zero attached hydrogens (tertiary/aromatic N) is 3. The van der Waals surface area contributed by atoms with Gasteiger partial charge in [0.1, 0.15) is 11.4 Å². The van der Waals surface area contributed by atoms with E-state index in [1.807, 2.05) is 20.8 Å². The molecule has 2 fully saturated rings. The zero-order valence-electron chi connectivity index (χ0n) is 19.3. The van der Waals surface area contributed by atoms with Gasteiger partial charge in [0.2, 0.25) is 11.8 Å². The highest BCUT2D eigenvalue weighted by Crippen LogP contribution is 2.32. The molecular formula is C23H33FN4O4. The lowest BCUT2D eigenvalue weighted by Crippen LogP contribution is -2.50. The van der Waals surface area contributed by atoms with Crippen LogP contribution in [0.1, 0.15) is 45.2 Å². The minimum absolute atomic E-state index is 0.0529. The maximum Gasteiger partial charge on any atom is 0.410 e. The predicted octanol–water partition coefficient (Wildman–Crippen LogP) is 2.16. The zero-order valence-corrected chi connectivity index (χ0v) is 19.3. The zero-order chi connectivity index (χ0) is 23.5. The molecule has 1 N–H and O–H groups in total. The van der Waals surface area contributed by atoms with E-state index in [9.17, 15) is 18.8 Å². The first kappa shape index (κ1) is 24.0. The number of amides is 3. The normalized spacial score (nSPS) is 22.2. The molecule has 3 amide bonds. The summed E-state index contributed by atoms with van der Waals surface area (Å²) in [5.41, 5.74) is 0.275. The van der Waals surface area contributed by atoms with Crippen LogP contribution in [0.25, 0.3) is 0 Å². The van der Waals surface area contributed by atoms with Crippen molar-refractivity contribution in [2.45, 2.75) is 51.3 Å². The number of rotatable bonds is 5. The lowest BCUT2D eigenvalue weighted by atomic mass is 10.00. The molecule has 8 nitrogen and oxygen atoms in total. The first-order valence-electron chi connectivity index (χ1n) is 11.0. The number of likely N-dealkylation sites (N-methyl/N-ethyl adjacent to an activating group) is 1. The van der Waals surface area contributed by atoms with Crippen LogP contribution >= 0.6 is 0 Å². The summed E-state index contributed by atoms with van der Waals surface area (Å²) in [5.74, 6) is -0.518. The van der Waals surface area contributed by atoms with E-state index in [0.717, 1.165) is 5.56 Å². The van der Waals surface area contributed by atoms with Crippen LogP contribution in [0.3, 0.4) is 0 Å². The van der Waals surface area contributed by atoms with Crippen molar-refractivity contribution in [3.8, 4) is 0 Å². The van der Waals surface area contributed by atoms with Gasteiger partial charge in [-0.15, -0.1) is 0 Å². The van der Waals surface area contributed by atoms with Crippen molar-refractivity contribution in [1.29, 1.82) is 0 Å². The minimum Gasteiger partial charge on any atom is -0.444 e. The van der Waals surface area contributed by atoms with Crippen molar-refractivity contribution < 1.29 is 23.5 Å². The monoisotopic (exact) mass is 448 g/mol. The van der Waals surface area contributed by atoms with Gasteiger partial charge in [0.25, 0.3) is 0 Å².